The number of carbonyl (C=O) groups excluding carboxylic acids is 1. The van der Waals surface area contributed by atoms with Crippen LogP contribution in [0, 0.1) is 17.1 Å². The van der Waals surface area contributed by atoms with Crippen LogP contribution in [-0.2, 0) is 9.47 Å². The van der Waals surface area contributed by atoms with E-state index in [0.29, 0.717) is 25.3 Å². The van der Waals surface area contributed by atoms with Crippen molar-refractivity contribution in [2.45, 2.75) is 25.5 Å². The molecular formula is C16H19FN2O3. The van der Waals surface area contributed by atoms with Crippen LogP contribution in [0.5, 0.6) is 0 Å². The Hall–Kier alpha value is -1.97. The molecule has 6 heteroatoms. The Kier molecular flexibility index (Phi) is 5.47. The molecule has 5 nitrogen and oxygen atoms in total. The summed E-state index contributed by atoms with van der Waals surface area (Å²) in [6.07, 6.45) is 0.694. The zero-order chi connectivity index (χ0) is 16.1. The van der Waals surface area contributed by atoms with E-state index in [1.54, 1.807) is 18.1 Å². The Labute approximate surface area is 129 Å². The van der Waals surface area contributed by atoms with Crippen LogP contribution in [0.2, 0.25) is 0 Å². The number of hydrogen-bond donors (Lipinski definition) is 0. The van der Waals surface area contributed by atoms with E-state index in [4.69, 9.17) is 14.7 Å². The Bertz CT molecular complexity index is 585. The van der Waals surface area contributed by atoms with E-state index >= 15 is 0 Å². The van der Waals surface area contributed by atoms with Crippen molar-refractivity contribution in [2.75, 3.05) is 26.9 Å². The summed E-state index contributed by atoms with van der Waals surface area (Å²) in [5.74, 6) is -0.865. The number of rotatable bonds is 5. The highest BCUT2D eigenvalue weighted by molar-refractivity contribution is 5.94. The maximum atomic E-state index is 13.4. The fourth-order valence-corrected chi connectivity index (χ4v) is 2.65. The highest BCUT2D eigenvalue weighted by Crippen LogP contribution is 2.22. The van der Waals surface area contributed by atoms with Crippen molar-refractivity contribution < 1.29 is 18.7 Å². The van der Waals surface area contributed by atoms with Crippen molar-refractivity contribution in [2.24, 2.45) is 0 Å². The SMILES string of the molecule is COCCN(C(=O)c1ccc(F)c(C#N)c1)C1CCOC1C. The lowest BCUT2D eigenvalue weighted by atomic mass is 10.1. The highest BCUT2D eigenvalue weighted by Gasteiger charge is 2.33. The van der Waals surface area contributed by atoms with Crippen LogP contribution in [0.25, 0.3) is 0 Å². The van der Waals surface area contributed by atoms with Crippen LogP contribution in [0.1, 0.15) is 29.3 Å². The van der Waals surface area contributed by atoms with Gasteiger partial charge in [0.15, 0.2) is 0 Å². The van der Waals surface area contributed by atoms with Crippen molar-refractivity contribution in [3.63, 3.8) is 0 Å². The molecule has 1 heterocycles. The minimum absolute atomic E-state index is 0.0433. The first-order valence-corrected chi connectivity index (χ1v) is 7.19. The molecule has 1 aromatic rings. The van der Waals surface area contributed by atoms with Gasteiger partial charge in [-0.3, -0.25) is 4.79 Å². The van der Waals surface area contributed by atoms with Crippen molar-refractivity contribution in [1.29, 1.82) is 5.26 Å². The van der Waals surface area contributed by atoms with Crippen LogP contribution < -0.4 is 0 Å². The van der Waals surface area contributed by atoms with Gasteiger partial charge < -0.3 is 14.4 Å². The molecule has 2 rings (SSSR count). The van der Waals surface area contributed by atoms with Gasteiger partial charge >= 0.3 is 0 Å². The second-order valence-electron chi connectivity index (χ2n) is 5.23. The second kappa shape index (κ2) is 7.34. The van der Waals surface area contributed by atoms with E-state index < -0.39 is 5.82 Å². The van der Waals surface area contributed by atoms with Crippen molar-refractivity contribution >= 4 is 5.91 Å². The lowest BCUT2D eigenvalue weighted by molar-refractivity contribution is 0.0425. The van der Waals surface area contributed by atoms with Crippen LogP contribution in [0.4, 0.5) is 4.39 Å². The average Bonchev–Trinajstić information content (AvgIpc) is 2.94. The molecule has 0 aromatic heterocycles. The molecular weight excluding hydrogens is 287 g/mol. The molecule has 0 N–H and O–H groups in total. The number of carbonyl (C=O) groups is 1. The minimum Gasteiger partial charge on any atom is -0.383 e. The van der Waals surface area contributed by atoms with Crippen molar-refractivity contribution in [3.05, 3.63) is 35.1 Å². The number of amides is 1. The van der Waals surface area contributed by atoms with E-state index in [1.165, 1.54) is 12.1 Å². The number of halogens is 1. The number of benzene rings is 1. The van der Waals surface area contributed by atoms with E-state index in [0.717, 1.165) is 12.5 Å². The summed E-state index contributed by atoms with van der Waals surface area (Å²) in [4.78, 5) is 14.4. The topological polar surface area (TPSA) is 62.6 Å². The molecule has 2 unspecified atom stereocenters. The molecule has 0 saturated carbocycles. The summed E-state index contributed by atoms with van der Waals surface area (Å²) in [6, 6.07) is 5.55. The largest absolute Gasteiger partial charge is 0.383 e. The Morgan fingerprint density at radius 3 is 2.95 bits per heavy atom. The predicted molar refractivity (Wildman–Crippen MR) is 77.8 cm³/mol. The molecule has 0 radical (unpaired) electrons. The molecule has 1 aliphatic heterocycles. The Balaban J connectivity index is 2.26. The highest BCUT2D eigenvalue weighted by atomic mass is 19.1. The van der Waals surface area contributed by atoms with E-state index in [2.05, 4.69) is 0 Å². The summed E-state index contributed by atoms with van der Waals surface area (Å²) in [5.41, 5.74) is 0.168. The zero-order valence-electron chi connectivity index (χ0n) is 12.7. The van der Waals surface area contributed by atoms with Gasteiger partial charge in [-0.05, 0) is 31.5 Å². The number of nitrogens with zero attached hydrogens (tertiary/aromatic N) is 2. The zero-order valence-corrected chi connectivity index (χ0v) is 12.7. The van der Waals surface area contributed by atoms with E-state index in [9.17, 15) is 9.18 Å². The molecule has 1 amide bonds. The first-order chi connectivity index (χ1) is 10.6. The quantitative estimate of drug-likeness (QED) is 0.834. The van der Waals surface area contributed by atoms with Gasteiger partial charge in [-0.1, -0.05) is 0 Å². The normalized spacial score (nSPS) is 20.6. The molecule has 118 valence electrons. The summed E-state index contributed by atoms with van der Waals surface area (Å²) in [5, 5.41) is 8.90. The van der Waals surface area contributed by atoms with Crippen molar-refractivity contribution in [1.82, 2.24) is 4.90 Å². The third-order valence-electron chi connectivity index (χ3n) is 3.87. The molecule has 1 aliphatic rings. The summed E-state index contributed by atoms with van der Waals surface area (Å²) < 4.78 is 24.0. The molecule has 1 fully saturated rings. The molecule has 0 aliphatic carbocycles. The molecule has 2 atom stereocenters. The number of methoxy groups -OCH3 is 1. The number of hydrogen-bond acceptors (Lipinski definition) is 4. The third kappa shape index (κ3) is 3.43. The summed E-state index contributed by atoms with van der Waals surface area (Å²) >= 11 is 0. The van der Waals surface area contributed by atoms with Gasteiger partial charge in [0.25, 0.3) is 5.91 Å². The predicted octanol–water partition coefficient (Wildman–Crippen LogP) is 1.96. The van der Waals surface area contributed by atoms with Gasteiger partial charge in [-0.15, -0.1) is 0 Å². The van der Waals surface area contributed by atoms with Crippen LogP contribution >= 0.6 is 0 Å². The van der Waals surface area contributed by atoms with Crippen molar-refractivity contribution in [3.8, 4) is 6.07 Å². The fraction of sp³-hybridized carbons (Fsp3) is 0.500. The maximum Gasteiger partial charge on any atom is 0.254 e. The van der Waals surface area contributed by atoms with E-state index in [1.807, 2.05) is 6.92 Å². The standard InChI is InChI=1S/C16H19FN2O3/c1-11-15(5-7-22-11)19(6-8-21-2)16(20)12-3-4-14(17)13(9-12)10-18/h3-4,9,11,15H,5-8H2,1-2H3. The molecule has 0 spiro atoms. The third-order valence-corrected chi connectivity index (χ3v) is 3.87. The first-order valence-electron chi connectivity index (χ1n) is 7.19. The maximum absolute atomic E-state index is 13.4. The smallest absolute Gasteiger partial charge is 0.254 e. The van der Waals surface area contributed by atoms with Gasteiger partial charge in [0.05, 0.1) is 24.3 Å². The number of nitriles is 1. The van der Waals surface area contributed by atoms with Gasteiger partial charge in [-0.2, -0.15) is 5.26 Å². The molecule has 1 saturated heterocycles. The average molecular weight is 306 g/mol. The second-order valence-corrected chi connectivity index (χ2v) is 5.23. The first kappa shape index (κ1) is 16.4. The van der Waals surface area contributed by atoms with Crippen LogP contribution in [-0.4, -0.2) is 49.8 Å². The fourth-order valence-electron chi connectivity index (χ4n) is 2.65. The lowest BCUT2D eigenvalue weighted by Crippen LogP contribution is -2.45. The molecule has 22 heavy (non-hydrogen) atoms. The number of ether oxygens (including phenoxy) is 2. The van der Waals surface area contributed by atoms with E-state index in [-0.39, 0.29) is 23.6 Å². The minimum atomic E-state index is -0.625. The molecule has 0 bridgehead atoms. The van der Waals surface area contributed by atoms with Gasteiger partial charge in [0, 0.05) is 25.8 Å². The Morgan fingerprint density at radius 1 is 1.59 bits per heavy atom. The lowest BCUT2D eigenvalue weighted by Gasteiger charge is -2.30. The summed E-state index contributed by atoms with van der Waals surface area (Å²) in [6.45, 7) is 3.36. The monoisotopic (exact) mass is 306 g/mol. The summed E-state index contributed by atoms with van der Waals surface area (Å²) in [7, 11) is 1.57. The Morgan fingerprint density at radius 2 is 2.36 bits per heavy atom. The molecule has 1 aromatic carbocycles. The van der Waals surface area contributed by atoms with Gasteiger partial charge in [0.1, 0.15) is 11.9 Å². The van der Waals surface area contributed by atoms with Crippen LogP contribution in [0.3, 0.4) is 0 Å². The van der Waals surface area contributed by atoms with Gasteiger partial charge in [0.2, 0.25) is 0 Å². The van der Waals surface area contributed by atoms with Crippen LogP contribution in [0.15, 0.2) is 18.2 Å². The van der Waals surface area contributed by atoms with Gasteiger partial charge in [-0.25, -0.2) is 4.39 Å².